The third-order valence-electron chi connectivity index (χ3n) is 4.29. The van der Waals surface area contributed by atoms with Gasteiger partial charge in [0.25, 0.3) is 0 Å². The van der Waals surface area contributed by atoms with Gasteiger partial charge in [-0.05, 0) is 45.8 Å². The summed E-state index contributed by atoms with van der Waals surface area (Å²) in [6.45, 7) is 5.54. The van der Waals surface area contributed by atoms with Gasteiger partial charge in [0, 0.05) is 23.9 Å². The van der Waals surface area contributed by atoms with Crippen LogP contribution < -0.4 is 5.32 Å². The lowest BCUT2D eigenvalue weighted by Crippen LogP contribution is -2.45. The predicted molar refractivity (Wildman–Crippen MR) is 81.5 cm³/mol. The van der Waals surface area contributed by atoms with Crippen molar-refractivity contribution in [1.82, 2.24) is 20.3 Å². The molecule has 2 aromatic rings. The predicted octanol–water partition coefficient (Wildman–Crippen LogP) is 1.91. The molecule has 0 bridgehead atoms. The van der Waals surface area contributed by atoms with Gasteiger partial charge in [-0.25, -0.2) is 0 Å². The number of amides is 1. The van der Waals surface area contributed by atoms with Crippen molar-refractivity contribution >= 4 is 11.8 Å². The van der Waals surface area contributed by atoms with Crippen LogP contribution in [0.1, 0.15) is 37.1 Å². The Kier molecular flexibility index (Phi) is 4.24. The summed E-state index contributed by atoms with van der Waals surface area (Å²) in [5.41, 5.74) is 1.94. The number of hydrogen-bond donors (Lipinski definition) is 2. The highest BCUT2D eigenvalue weighted by Crippen LogP contribution is 2.27. The quantitative estimate of drug-likeness (QED) is 0.901. The molecule has 1 unspecified atom stereocenters. The minimum atomic E-state index is -0.187. The van der Waals surface area contributed by atoms with Crippen molar-refractivity contribution in [1.29, 1.82) is 0 Å². The van der Waals surface area contributed by atoms with E-state index in [0.29, 0.717) is 11.8 Å². The number of rotatable bonds is 4. The zero-order valence-electron chi connectivity index (χ0n) is 12.9. The molecule has 7 heteroatoms. The lowest BCUT2D eigenvalue weighted by atomic mass is 9.93. The van der Waals surface area contributed by atoms with Gasteiger partial charge >= 0.3 is 0 Å². The molecule has 0 saturated carbocycles. The standard InChI is InChI=1S/C15H21N5O2/c1-10-9-14(22-19-10)17-15(21)11(2)20-7-4-12(5-8-20)13-3-6-16-18-13/h3,6,9,11-12H,4-5,7-8H2,1-2H3,(H,16,18)(H,17,21). The highest BCUT2D eigenvalue weighted by Gasteiger charge is 2.28. The van der Waals surface area contributed by atoms with Gasteiger partial charge in [0.05, 0.1) is 11.7 Å². The first kappa shape index (κ1) is 14.8. The molecule has 1 aliphatic heterocycles. The second-order valence-electron chi connectivity index (χ2n) is 5.82. The average Bonchev–Trinajstić information content (AvgIpc) is 3.18. The summed E-state index contributed by atoms with van der Waals surface area (Å²) in [5.74, 6) is 0.851. The van der Waals surface area contributed by atoms with E-state index in [9.17, 15) is 4.79 Å². The molecule has 2 aromatic heterocycles. The summed E-state index contributed by atoms with van der Waals surface area (Å²) in [6.07, 6.45) is 3.85. The molecule has 3 rings (SSSR count). The number of carbonyl (C=O) groups is 1. The number of aromatic nitrogens is 3. The monoisotopic (exact) mass is 303 g/mol. The fraction of sp³-hybridized carbons (Fsp3) is 0.533. The molecule has 0 aliphatic carbocycles. The Labute approximate surface area is 129 Å². The Morgan fingerprint density at radius 2 is 2.27 bits per heavy atom. The Bertz CT molecular complexity index is 614. The van der Waals surface area contributed by atoms with Crippen molar-refractivity contribution in [3.05, 3.63) is 29.7 Å². The van der Waals surface area contributed by atoms with E-state index in [1.165, 1.54) is 5.69 Å². The molecule has 3 heterocycles. The highest BCUT2D eigenvalue weighted by molar-refractivity contribution is 5.93. The SMILES string of the molecule is Cc1cc(NC(=O)C(C)N2CCC(c3ccn[nH]3)CC2)on1. The van der Waals surface area contributed by atoms with Crippen LogP contribution in [0.5, 0.6) is 0 Å². The van der Waals surface area contributed by atoms with Crippen LogP contribution in [0.25, 0.3) is 0 Å². The van der Waals surface area contributed by atoms with Gasteiger partial charge in [-0.3, -0.25) is 20.1 Å². The van der Waals surface area contributed by atoms with Gasteiger partial charge in [0.2, 0.25) is 11.8 Å². The number of carbonyl (C=O) groups excluding carboxylic acids is 1. The number of hydrogen-bond acceptors (Lipinski definition) is 5. The number of H-pyrrole nitrogens is 1. The molecule has 1 amide bonds. The van der Waals surface area contributed by atoms with E-state index in [4.69, 9.17) is 4.52 Å². The third-order valence-corrected chi connectivity index (χ3v) is 4.29. The number of nitrogens with one attached hydrogen (secondary N) is 2. The molecule has 1 saturated heterocycles. The van der Waals surface area contributed by atoms with Crippen molar-refractivity contribution in [2.75, 3.05) is 18.4 Å². The van der Waals surface area contributed by atoms with E-state index in [-0.39, 0.29) is 11.9 Å². The molecule has 2 N–H and O–H groups in total. The minimum Gasteiger partial charge on any atom is -0.338 e. The molecule has 0 aromatic carbocycles. The third kappa shape index (κ3) is 3.19. The summed E-state index contributed by atoms with van der Waals surface area (Å²) in [5, 5.41) is 13.6. The largest absolute Gasteiger partial charge is 0.338 e. The van der Waals surface area contributed by atoms with Gasteiger partial charge in [0.1, 0.15) is 0 Å². The maximum Gasteiger partial charge on any atom is 0.243 e. The molecular formula is C15H21N5O2. The molecule has 0 spiro atoms. The first-order valence-corrected chi connectivity index (χ1v) is 7.61. The summed E-state index contributed by atoms with van der Waals surface area (Å²) in [4.78, 5) is 14.5. The summed E-state index contributed by atoms with van der Waals surface area (Å²) < 4.78 is 5.03. The summed E-state index contributed by atoms with van der Waals surface area (Å²) in [6, 6.07) is 3.56. The Hall–Kier alpha value is -2.15. The molecule has 1 aliphatic rings. The van der Waals surface area contributed by atoms with Crippen molar-refractivity contribution in [2.45, 2.75) is 38.6 Å². The zero-order valence-corrected chi connectivity index (χ0v) is 12.9. The Balaban J connectivity index is 1.53. The van der Waals surface area contributed by atoms with Gasteiger partial charge in [-0.2, -0.15) is 5.10 Å². The van der Waals surface area contributed by atoms with Crippen LogP contribution in [-0.4, -0.2) is 45.3 Å². The second kappa shape index (κ2) is 6.31. The smallest absolute Gasteiger partial charge is 0.243 e. The van der Waals surface area contributed by atoms with E-state index >= 15 is 0 Å². The Morgan fingerprint density at radius 3 is 2.86 bits per heavy atom. The van der Waals surface area contributed by atoms with Crippen molar-refractivity contribution in [3.63, 3.8) is 0 Å². The summed E-state index contributed by atoms with van der Waals surface area (Å²) >= 11 is 0. The number of aromatic amines is 1. The molecule has 22 heavy (non-hydrogen) atoms. The topological polar surface area (TPSA) is 87.0 Å². The molecule has 0 radical (unpaired) electrons. The second-order valence-corrected chi connectivity index (χ2v) is 5.82. The van der Waals surface area contributed by atoms with Gasteiger partial charge in [-0.1, -0.05) is 5.16 Å². The fourth-order valence-electron chi connectivity index (χ4n) is 2.91. The van der Waals surface area contributed by atoms with Crippen LogP contribution in [0.2, 0.25) is 0 Å². The van der Waals surface area contributed by atoms with Crippen LogP contribution in [0.4, 0.5) is 5.88 Å². The van der Waals surface area contributed by atoms with E-state index in [1.54, 1.807) is 12.3 Å². The fourth-order valence-corrected chi connectivity index (χ4v) is 2.91. The summed E-state index contributed by atoms with van der Waals surface area (Å²) in [7, 11) is 0. The van der Waals surface area contributed by atoms with Crippen LogP contribution in [-0.2, 0) is 4.79 Å². The van der Waals surface area contributed by atoms with Crippen molar-refractivity contribution in [2.24, 2.45) is 0 Å². The molecule has 1 atom stereocenters. The maximum atomic E-state index is 12.3. The number of aryl methyl sites for hydroxylation is 1. The average molecular weight is 303 g/mol. The highest BCUT2D eigenvalue weighted by atomic mass is 16.5. The van der Waals surface area contributed by atoms with Gasteiger partial charge in [-0.15, -0.1) is 0 Å². The lowest BCUT2D eigenvalue weighted by molar-refractivity contribution is -0.121. The van der Waals surface area contributed by atoms with E-state index in [1.807, 2.05) is 19.9 Å². The van der Waals surface area contributed by atoms with Crippen LogP contribution in [0.15, 0.2) is 22.9 Å². The minimum absolute atomic E-state index is 0.0591. The molecule has 118 valence electrons. The normalized spacial score (nSPS) is 18.3. The van der Waals surface area contributed by atoms with E-state index < -0.39 is 0 Å². The van der Waals surface area contributed by atoms with Crippen LogP contribution in [0.3, 0.4) is 0 Å². The number of piperidine rings is 1. The molecular weight excluding hydrogens is 282 g/mol. The number of likely N-dealkylation sites (tertiary alicyclic amines) is 1. The first-order valence-electron chi connectivity index (χ1n) is 7.61. The number of nitrogens with zero attached hydrogens (tertiary/aromatic N) is 3. The van der Waals surface area contributed by atoms with Gasteiger partial charge in [0.15, 0.2) is 0 Å². The number of anilines is 1. The van der Waals surface area contributed by atoms with E-state index in [2.05, 4.69) is 25.6 Å². The Morgan fingerprint density at radius 1 is 1.50 bits per heavy atom. The van der Waals surface area contributed by atoms with Crippen molar-refractivity contribution < 1.29 is 9.32 Å². The molecule has 7 nitrogen and oxygen atoms in total. The lowest BCUT2D eigenvalue weighted by Gasteiger charge is -2.34. The zero-order chi connectivity index (χ0) is 15.5. The molecule has 1 fully saturated rings. The van der Waals surface area contributed by atoms with Gasteiger partial charge < -0.3 is 4.52 Å². The van der Waals surface area contributed by atoms with E-state index in [0.717, 1.165) is 31.6 Å². The maximum absolute atomic E-state index is 12.3. The van der Waals surface area contributed by atoms with Crippen molar-refractivity contribution in [3.8, 4) is 0 Å². The van der Waals surface area contributed by atoms with Crippen LogP contribution in [0, 0.1) is 6.92 Å². The van der Waals surface area contributed by atoms with Crippen LogP contribution >= 0.6 is 0 Å². The first-order chi connectivity index (χ1) is 10.6.